The Bertz CT molecular complexity index is 568. The molecule has 1 atom stereocenters. The van der Waals surface area contributed by atoms with Gasteiger partial charge >= 0.3 is 5.97 Å². The largest absolute Gasteiger partial charge is 0.477 e. The molecule has 0 saturated carbocycles. The van der Waals surface area contributed by atoms with Crippen molar-refractivity contribution in [3.63, 3.8) is 0 Å². The molecule has 0 saturated heterocycles. The highest BCUT2D eigenvalue weighted by Crippen LogP contribution is 2.19. The molecule has 0 amide bonds. The lowest BCUT2D eigenvalue weighted by atomic mass is 10.2. The van der Waals surface area contributed by atoms with Crippen LogP contribution in [0.2, 0.25) is 0 Å². The first-order valence-corrected chi connectivity index (χ1v) is 7.54. The summed E-state index contributed by atoms with van der Waals surface area (Å²) >= 11 is 0.874. The van der Waals surface area contributed by atoms with Crippen LogP contribution in [0.15, 0.2) is 16.3 Å². The molecule has 1 heterocycles. The molecule has 5 nitrogen and oxygen atoms in total. The predicted molar refractivity (Wildman–Crippen MR) is 69.1 cm³/mol. The second-order valence-electron chi connectivity index (χ2n) is 3.59. The van der Waals surface area contributed by atoms with Crippen LogP contribution < -0.4 is 4.72 Å². The number of sulfonamides is 1. The van der Waals surface area contributed by atoms with Gasteiger partial charge < -0.3 is 5.11 Å². The molecule has 2 N–H and O–H groups in total. The Balaban J connectivity index is 2.92. The molecule has 0 aliphatic heterocycles. The normalized spacial score (nSPS) is 12.9. The maximum absolute atomic E-state index is 11.9. The molecule has 7 heteroatoms. The van der Waals surface area contributed by atoms with E-state index in [9.17, 15) is 13.2 Å². The first-order valence-electron chi connectivity index (χ1n) is 5.18. The summed E-state index contributed by atoms with van der Waals surface area (Å²) in [4.78, 5) is 10.6. The molecule has 0 aliphatic carbocycles. The van der Waals surface area contributed by atoms with E-state index in [-0.39, 0.29) is 15.8 Å². The minimum absolute atomic E-state index is 0.0135. The van der Waals surface area contributed by atoms with E-state index in [0.717, 1.165) is 17.4 Å². The van der Waals surface area contributed by atoms with Gasteiger partial charge in [0.2, 0.25) is 10.0 Å². The third-order valence-corrected chi connectivity index (χ3v) is 4.84. The zero-order valence-electron chi connectivity index (χ0n) is 9.71. The fourth-order valence-corrected chi connectivity index (χ4v) is 3.70. The van der Waals surface area contributed by atoms with Crippen molar-refractivity contribution in [2.75, 3.05) is 0 Å². The third-order valence-electron chi connectivity index (χ3n) is 2.28. The molecule has 18 heavy (non-hydrogen) atoms. The minimum atomic E-state index is -3.70. The van der Waals surface area contributed by atoms with Crippen LogP contribution >= 0.6 is 11.3 Å². The molecule has 0 radical (unpaired) electrons. The number of rotatable bonds is 6. The van der Waals surface area contributed by atoms with Crippen LogP contribution in [0.5, 0.6) is 0 Å². The van der Waals surface area contributed by atoms with Gasteiger partial charge in [-0.25, -0.2) is 17.9 Å². The highest BCUT2D eigenvalue weighted by atomic mass is 32.2. The highest BCUT2D eigenvalue weighted by Gasteiger charge is 2.21. The first-order chi connectivity index (χ1) is 8.40. The zero-order valence-corrected chi connectivity index (χ0v) is 11.3. The second-order valence-corrected chi connectivity index (χ2v) is 6.21. The zero-order chi connectivity index (χ0) is 13.8. The van der Waals surface area contributed by atoms with Crippen molar-refractivity contribution in [2.24, 2.45) is 0 Å². The lowest BCUT2D eigenvalue weighted by Gasteiger charge is -2.13. The number of hydrogen-bond acceptors (Lipinski definition) is 4. The van der Waals surface area contributed by atoms with Gasteiger partial charge in [-0.2, -0.15) is 0 Å². The van der Waals surface area contributed by atoms with Crippen molar-refractivity contribution in [1.29, 1.82) is 0 Å². The van der Waals surface area contributed by atoms with E-state index in [2.05, 4.69) is 10.6 Å². The van der Waals surface area contributed by atoms with Crippen molar-refractivity contribution in [3.8, 4) is 12.3 Å². The van der Waals surface area contributed by atoms with E-state index >= 15 is 0 Å². The van der Waals surface area contributed by atoms with Crippen LogP contribution in [0, 0.1) is 12.3 Å². The maximum Gasteiger partial charge on any atom is 0.345 e. The summed E-state index contributed by atoms with van der Waals surface area (Å²) in [5.74, 6) is 1.26. The highest BCUT2D eigenvalue weighted by molar-refractivity contribution is 7.89. The molecule has 0 aliphatic rings. The lowest BCUT2D eigenvalue weighted by Crippen LogP contribution is -2.33. The topological polar surface area (TPSA) is 83.5 Å². The summed E-state index contributed by atoms with van der Waals surface area (Å²) in [5, 5.41) is 10.0. The van der Waals surface area contributed by atoms with Crippen molar-refractivity contribution < 1.29 is 18.3 Å². The second kappa shape index (κ2) is 6.00. The smallest absolute Gasteiger partial charge is 0.345 e. The minimum Gasteiger partial charge on any atom is -0.477 e. The number of terminal acetylenes is 1. The quantitative estimate of drug-likeness (QED) is 0.777. The first kappa shape index (κ1) is 14.7. The maximum atomic E-state index is 11.9. The van der Waals surface area contributed by atoms with E-state index in [1.807, 2.05) is 6.92 Å². The van der Waals surface area contributed by atoms with Crippen LogP contribution in [0.4, 0.5) is 0 Å². The monoisotopic (exact) mass is 287 g/mol. The summed E-state index contributed by atoms with van der Waals surface area (Å²) < 4.78 is 26.3. The number of carboxylic acid groups (broad SMARTS) is 1. The Morgan fingerprint density at radius 1 is 1.67 bits per heavy atom. The standard InChI is InChI=1S/C11H13NO4S2/c1-3-5-8(4-2)12-18(15,16)9-6-10(11(13)14)17-7-9/h1,6-8,12H,4-5H2,2H3,(H,13,14). The molecule has 1 unspecified atom stereocenters. The van der Waals surface area contributed by atoms with E-state index in [1.54, 1.807) is 0 Å². The summed E-state index contributed by atoms with van der Waals surface area (Å²) in [7, 11) is -3.70. The van der Waals surface area contributed by atoms with Crippen LogP contribution in [0.25, 0.3) is 0 Å². The van der Waals surface area contributed by atoms with Crippen LogP contribution in [-0.4, -0.2) is 25.5 Å². The molecular weight excluding hydrogens is 274 g/mol. The number of hydrogen-bond donors (Lipinski definition) is 2. The van der Waals surface area contributed by atoms with Crippen LogP contribution in [0.1, 0.15) is 29.4 Å². The van der Waals surface area contributed by atoms with Crippen LogP contribution in [-0.2, 0) is 10.0 Å². The Labute approximate surface area is 110 Å². The van der Waals surface area contributed by atoms with Crippen molar-refractivity contribution in [2.45, 2.75) is 30.7 Å². The summed E-state index contributed by atoms with van der Waals surface area (Å²) in [6.07, 6.45) is 6.01. The average molecular weight is 287 g/mol. The number of carboxylic acids is 1. The Hall–Kier alpha value is -1.36. The average Bonchev–Trinajstić information content (AvgIpc) is 2.78. The van der Waals surface area contributed by atoms with Gasteiger partial charge in [0, 0.05) is 17.8 Å². The van der Waals surface area contributed by atoms with Crippen LogP contribution in [0.3, 0.4) is 0 Å². The van der Waals surface area contributed by atoms with Gasteiger partial charge in [-0.05, 0) is 12.5 Å². The van der Waals surface area contributed by atoms with Gasteiger partial charge in [-0.1, -0.05) is 6.92 Å². The van der Waals surface area contributed by atoms with Gasteiger partial charge in [-0.15, -0.1) is 23.7 Å². The molecular formula is C11H13NO4S2. The number of aromatic carboxylic acids is 1. The predicted octanol–water partition coefficient (Wildman–Crippen LogP) is 1.53. The molecule has 1 aromatic rings. The number of nitrogens with one attached hydrogen (secondary N) is 1. The molecule has 0 bridgehead atoms. The summed E-state index contributed by atoms with van der Waals surface area (Å²) in [6.45, 7) is 1.82. The molecule has 0 aromatic carbocycles. The fraction of sp³-hybridized carbons (Fsp3) is 0.364. The van der Waals surface area contributed by atoms with E-state index in [4.69, 9.17) is 11.5 Å². The third kappa shape index (κ3) is 3.57. The van der Waals surface area contributed by atoms with Gasteiger partial charge in [0.1, 0.15) is 4.88 Å². The van der Waals surface area contributed by atoms with Gasteiger partial charge in [0.15, 0.2) is 0 Å². The molecule has 1 rings (SSSR count). The van der Waals surface area contributed by atoms with Gasteiger partial charge in [-0.3, -0.25) is 0 Å². The molecule has 98 valence electrons. The molecule has 0 spiro atoms. The van der Waals surface area contributed by atoms with Crippen molar-refractivity contribution >= 4 is 27.3 Å². The van der Waals surface area contributed by atoms with E-state index in [1.165, 1.54) is 5.38 Å². The van der Waals surface area contributed by atoms with Crippen molar-refractivity contribution in [3.05, 3.63) is 16.3 Å². The summed E-state index contributed by atoms with van der Waals surface area (Å²) in [5.41, 5.74) is 0. The number of thiophene rings is 1. The fourth-order valence-electron chi connectivity index (χ4n) is 1.27. The lowest BCUT2D eigenvalue weighted by molar-refractivity contribution is 0.0702. The Morgan fingerprint density at radius 2 is 2.33 bits per heavy atom. The van der Waals surface area contributed by atoms with Crippen molar-refractivity contribution in [1.82, 2.24) is 4.72 Å². The Morgan fingerprint density at radius 3 is 2.78 bits per heavy atom. The van der Waals surface area contributed by atoms with Gasteiger partial charge in [0.25, 0.3) is 0 Å². The SMILES string of the molecule is C#CCC(CC)NS(=O)(=O)c1csc(C(=O)O)c1. The summed E-state index contributed by atoms with van der Waals surface area (Å²) in [6, 6.07) is 0.797. The Kier molecular flexibility index (Phi) is 4.90. The van der Waals surface area contributed by atoms with Gasteiger partial charge in [0.05, 0.1) is 4.90 Å². The molecule has 1 aromatic heterocycles. The molecule has 0 fully saturated rings. The number of carbonyl (C=O) groups is 1. The van der Waals surface area contributed by atoms with E-state index in [0.29, 0.717) is 12.8 Å². The van der Waals surface area contributed by atoms with E-state index < -0.39 is 16.0 Å².